The molecule has 10 aromatic carbocycles. The number of hydrogen-bond acceptors (Lipinski definition) is 2. The van der Waals surface area contributed by atoms with Gasteiger partial charge in [-0.1, -0.05) is 210 Å². The summed E-state index contributed by atoms with van der Waals surface area (Å²) in [5, 5.41) is 1.50. The van der Waals surface area contributed by atoms with E-state index in [0.717, 1.165) is 40.3 Å². The van der Waals surface area contributed by atoms with Crippen molar-refractivity contribution in [1.82, 2.24) is 4.57 Å². The van der Waals surface area contributed by atoms with Gasteiger partial charge in [0.1, 0.15) is 0 Å². The van der Waals surface area contributed by atoms with Crippen LogP contribution < -0.4 is 10.3 Å². The Morgan fingerprint density at radius 1 is 0.397 bits per heavy atom. The van der Waals surface area contributed by atoms with Crippen LogP contribution in [0, 0.1) is 0 Å². The van der Waals surface area contributed by atoms with E-state index in [-0.39, 0.29) is 10.8 Å². The maximum Gasteiger partial charge on any atom is 0.197 e. The SMILES string of the molecule is Brc1ccccc1Cc1ccccc1.O=c1c2ccccc2n(-c2ccccc2)c2ccccc12.c1ccc(N2c3ccccc3C3(c4ccccc4Cc4ccccc43)c3ccccc32)cc1. The lowest BCUT2D eigenvalue weighted by Crippen LogP contribution is -2.41. The molecule has 0 bridgehead atoms. The van der Waals surface area contributed by atoms with Gasteiger partial charge in [0.2, 0.25) is 0 Å². The zero-order chi connectivity index (χ0) is 45.9. The van der Waals surface area contributed by atoms with Gasteiger partial charge in [-0.05, 0) is 124 Å². The zero-order valence-corrected chi connectivity index (χ0v) is 39.0. The highest BCUT2D eigenvalue weighted by molar-refractivity contribution is 9.10. The second-order valence-corrected chi connectivity index (χ2v) is 18.1. The molecule has 0 saturated carbocycles. The number of nitrogens with zero attached hydrogens (tertiary/aromatic N) is 2. The first-order valence-electron chi connectivity index (χ1n) is 23.2. The third-order valence-corrected chi connectivity index (χ3v) is 14.1. The van der Waals surface area contributed by atoms with Crippen molar-refractivity contribution in [3.63, 3.8) is 0 Å². The second kappa shape index (κ2) is 18.7. The number of anilines is 3. The van der Waals surface area contributed by atoms with Crippen LogP contribution in [0.5, 0.6) is 0 Å². The summed E-state index contributed by atoms with van der Waals surface area (Å²) in [6.45, 7) is 0. The van der Waals surface area contributed by atoms with Crippen molar-refractivity contribution in [2.75, 3.05) is 4.90 Å². The van der Waals surface area contributed by atoms with E-state index in [0.29, 0.717) is 0 Å². The summed E-state index contributed by atoms with van der Waals surface area (Å²) in [7, 11) is 0. The monoisotopic (exact) mass is 938 g/mol. The highest BCUT2D eigenvalue weighted by Crippen LogP contribution is 2.60. The molecule has 4 heteroatoms. The highest BCUT2D eigenvalue weighted by atomic mass is 79.9. The Morgan fingerprint density at radius 2 is 0.809 bits per heavy atom. The number of rotatable bonds is 4. The van der Waals surface area contributed by atoms with Crippen molar-refractivity contribution >= 4 is 54.8 Å². The second-order valence-electron chi connectivity index (χ2n) is 17.2. The number of pyridine rings is 1. The molecule has 1 aliphatic carbocycles. The zero-order valence-electron chi connectivity index (χ0n) is 37.4. The average Bonchev–Trinajstić information content (AvgIpc) is 3.41. The normalized spacial score (nSPS) is 12.6. The van der Waals surface area contributed by atoms with Gasteiger partial charge in [0.15, 0.2) is 5.43 Å². The van der Waals surface area contributed by atoms with Gasteiger partial charge in [-0.15, -0.1) is 0 Å². The third-order valence-electron chi connectivity index (χ3n) is 13.3. The van der Waals surface area contributed by atoms with E-state index in [1.165, 1.54) is 66.0 Å². The minimum absolute atomic E-state index is 0.0911. The Kier molecular flexibility index (Phi) is 11.7. The van der Waals surface area contributed by atoms with Gasteiger partial charge in [-0.2, -0.15) is 0 Å². The Morgan fingerprint density at radius 3 is 1.35 bits per heavy atom. The lowest BCUT2D eigenvalue weighted by Gasteiger charge is -2.49. The molecule has 2 heterocycles. The van der Waals surface area contributed by atoms with Crippen LogP contribution in [0.25, 0.3) is 27.5 Å². The van der Waals surface area contributed by atoms with Crippen LogP contribution >= 0.6 is 15.9 Å². The van der Waals surface area contributed by atoms with Crippen molar-refractivity contribution in [3.05, 3.63) is 320 Å². The first-order valence-corrected chi connectivity index (χ1v) is 24.0. The molecular weight excluding hydrogens is 893 g/mol. The Balaban J connectivity index is 0.000000124. The molecule has 0 saturated heterocycles. The van der Waals surface area contributed by atoms with E-state index < -0.39 is 0 Å². The van der Waals surface area contributed by atoms with E-state index >= 15 is 0 Å². The predicted molar refractivity (Wildman–Crippen MR) is 286 cm³/mol. The van der Waals surface area contributed by atoms with Crippen molar-refractivity contribution < 1.29 is 0 Å². The summed E-state index contributed by atoms with van der Waals surface area (Å²) in [5.74, 6) is 0. The number of benzene rings is 10. The Hall–Kier alpha value is -8.05. The minimum Gasteiger partial charge on any atom is -0.310 e. The van der Waals surface area contributed by atoms with Crippen molar-refractivity contribution in [2.45, 2.75) is 18.3 Å². The van der Waals surface area contributed by atoms with E-state index in [4.69, 9.17) is 0 Å². The number of fused-ring (bicyclic) bond motifs is 10. The lowest BCUT2D eigenvalue weighted by molar-refractivity contribution is 0.693. The molecule has 13 rings (SSSR count). The molecular formula is C64H47BrN2O. The number of halogens is 1. The number of hydrogen-bond donors (Lipinski definition) is 0. The molecule has 1 spiro atoms. The maximum absolute atomic E-state index is 12.7. The fourth-order valence-electron chi connectivity index (χ4n) is 10.4. The molecule has 1 aromatic heterocycles. The molecule has 3 nitrogen and oxygen atoms in total. The molecule has 11 aromatic rings. The number of aromatic nitrogens is 1. The first kappa shape index (κ1) is 42.6. The predicted octanol–water partition coefficient (Wildman–Crippen LogP) is 15.9. The van der Waals surface area contributed by atoms with E-state index in [2.05, 4.69) is 207 Å². The van der Waals surface area contributed by atoms with Crippen LogP contribution in [0.4, 0.5) is 17.1 Å². The van der Waals surface area contributed by atoms with Crippen molar-refractivity contribution in [2.24, 2.45) is 0 Å². The summed E-state index contributed by atoms with van der Waals surface area (Å²) in [6.07, 6.45) is 1.96. The van der Waals surface area contributed by atoms with Crippen LogP contribution in [0.1, 0.15) is 44.5 Å². The van der Waals surface area contributed by atoms with Gasteiger partial charge in [0.25, 0.3) is 0 Å². The van der Waals surface area contributed by atoms with Crippen LogP contribution in [0.3, 0.4) is 0 Å². The van der Waals surface area contributed by atoms with Crippen molar-refractivity contribution in [1.29, 1.82) is 0 Å². The molecule has 326 valence electrons. The van der Waals surface area contributed by atoms with Gasteiger partial charge in [-0.3, -0.25) is 4.79 Å². The molecule has 0 atom stereocenters. The Bertz CT molecular complexity index is 3470. The van der Waals surface area contributed by atoms with E-state index in [9.17, 15) is 4.79 Å². The molecule has 0 radical (unpaired) electrons. The number of para-hydroxylation sites is 6. The summed E-state index contributed by atoms with van der Waals surface area (Å²) < 4.78 is 3.33. The molecule has 0 unspecified atom stereocenters. The summed E-state index contributed by atoms with van der Waals surface area (Å²) >= 11 is 3.55. The summed E-state index contributed by atoms with van der Waals surface area (Å²) in [5.41, 5.74) is 17.3. The van der Waals surface area contributed by atoms with E-state index in [1.54, 1.807) is 0 Å². The third kappa shape index (κ3) is 7.63. The molecule has 0 amide bonds. The van der Waals surface area contributed by atoms with E-state index in [1.807, 2.05) is 78.9 Å². The minimum atomic E-state index is -0.343. The van der Waals surface area contributed by atoms with Crippen LogP contribution in [0.15, 0.2) is 270 Å². The summed E-state index contributed by atoms with van der Waals surface area (Å²) in [6, 6.07) is 91.2. The fourth-order valence-corrected chi connectivity index (χ4v) is 10.8. The van der Waals surface area contributed by atoms with Gasteiger partial charge in [0, 0.05) is 26.6 Å². The topological polar surface area (TPSA) is 25.2 Å². The largest absolute Gasteiger partial charge is 0.310 e. The summed E-state index contributed by atoms with van der Waals surface area (Å²) in [4.78, 5) is 15.1. The molecule has 2 aliphatic rings. The smallest absolute Gasteiger partial charge is 0.197 e. The standard InChI is InChI=1S/C32H23N.C19H13NO.C13H11Br/c1-2-14-25(15-3-1)33-30-20-10-8-18-28(30)32(29-19-9-11-21-31(29)33)26-16-6-4-12-23(26)22-24-13-5-7-17-27(24)32;21-19-15-10-4-6-12-17(15)20(14-8-2-1-3-9-14)18-13-7-5-11-16(18)19;14-13-9-5-4-8-12(13)10-11-6-2-1-3-7-11/h1-21H,22H2;1-13H;1-9H,10H2. The average molecular weight is 940 g/mol. The van der Waals surface area contributed by atoms with Gasteiger partial charge >= 0.3 is 0 Å². The fraction of sp³-hybridized carbons (Fsp3) is 0.0469. The molecule has 1 aliphatic heterocycles. The van der Waals surface area contributed by atoms with Crippen LogP contribution in [-0.4, -0.2) is 4.57 Å². The van der Waals surface area contributed by atoms with Gasteiger partial charge in [0.05, 0.1) is 27.8 Å². The Labute approximate surface area is 406 Å². The highest BCUT2D eigenvalue weighted by Gasteiger charge is 2.49. The molecule has 68 heavy (non-hydrogen) atoms. The lowest BCUT2D eigenvalue weighted by atomic mass is 9.58. The van der Waals surface area contributed by atoms with Crippen LogP contribution in [0.2, 0.25) is 0 Å². The quantitative estimate of drug-likeness (QED) is 0.164. The first-order chi connectivity index (χ1) is 33.6. The van der Waals surface area contributed by atoms with Crippen LogP contribution in [-0.2, 0) is 18.3 Å². The van der Waals surface area contributed by atoms with Crippen molar-refractivity contribution in [3.8, 4) is 5.69 Å². The van der Waals surface area contributed by atoms with Gasteiger partial charge in [-0.25, -0.2) is 0 Å². The molecule has 0 fully saturated rings. The molecule has 0 N–H and O–H groups in total. The van der Waals surface area contributed by atoms with Gasteiger partial charge < -0.3 is 9.47 Å². The maximum atomic E-state index is 12.7.